The smallest absolute Gasteiger partial charge is 0.0547 e. The third-order valence-corrected chi connectivity index (χ3v) is 2.96. The molecule has 0 aliphatic heterocycles. The molecule has 0 rings (SSSR count). The summed E-state index contributed by atoms with van der Waals surface area (Å²) in [7, 11) is 0. The first-order valence-electron chi connectivity index (χ1n) is 7.38. The second kappa shape index (κ2) is 11.0. The van der Waals surface area contributed by atoms with Crippen LogP contribution in [-0.4, -0.2) is 25.8 Å². The molecule has 104 valence electrons. The summed E-state index contributed by atoms with van der Waals surface area (Å²) in [6, 6.07) is 0. The highest BCUT2D eigenvalue weighted by Crippen LogP contribution is 2.09. The summed E-state index contributed by atoms with van der Waals surface area (Å²) >= 11 is 0. The number of rotatable bonds is 11. The van der Waals surface area contributed by atoms with Crippen LogP contribution in [0.15, 0.2) is 0 Å². The molecule has 0 fully saturated rings. The minimum Gasteiger partial charge on any atom is -0.378 e. The standard InChI is InChI=1S/C15H33NO/c1-6-8-14(4)12-17-15(5)9-7-10-16-11-13(2)3/h13-16H,6-12H2,1-5H3. The van der Waals surface area contributed by atoms with Gasteiger partial charge in [0, 0.05) is 6.61 Å². The van der Waals surface area contributed by atoms with Gasteiger partial charge in [-0.2, -0.15) is 0 Å². The van der Waals surface area contributed by atoms with Crippen LogP contribution in [0.3, 0.4) is 0 Å². The lowest BCUT2D eigenvalue weighted by Crippen LogP contribution is -2.22. The van der Waals surface area contributed by atoms with Crippen LogP contribution in [0.5, 0.6) is 0 Å². The first-order chi connectivity index (χ1) is 8.06. The summed E-state index contributed by atoms with van der Waals surface area (Å²) in [6.45, 7) is 14.4. The Kier molecular flexibility index (Phi) is 11.0. The van der Waals surface area contributed by atoms with Gasteiger partial charge in [0.15, 0.2) is 0 Å². The fourth-order valence-electron chi connectivity index (χ4n) is 1.89. The van der Waals surface area contributed by atoms with E-state index in [1.165, 1.54) is 25.7 Å². The maximum absolute atomic E-state index is 5.86. The normalized spacial score (nSPS) is 15.2. The van der Waals surface area contributed by atoms with Gasteiger partial charge in [0.2, 0.25) is 0 Å². The van der Waals surface area contributed by atoms with Crippen molar-refractivity contribution in [1.29, 1.82) is 0 Å². The third-order valence-electron chi connectivity index (χ3n) is 2.96. The van der Waals surface area contributed by atoms with Gasteiger partial charge in [-0.05, 0) is 51.1 Å². The summed E-state index contributed by atoms with van der Waals surface area (Å²) < 4.78 is 5.86. The molecule has 0 aromatic heterocycles. The highest BCUT2D eigenvalue weighted by molar-refractivity contribution is 4.57. The van der Waals surface area contributed by atoms with Gasteiger partial charge in [0.1, 0.15) is 0 Å². The molecule has 0 spiro atoms. The van der Waals surface area contributed by atoms with Gasteiger partial charge in [0.05, 0.1) is 6.10 Å². The van der Waals surface area contributed by atoms with E-state index in [1.54, 1.807) is 0 Å². The Hall–Kier alpha value is -0.0800. The lowest BCUT2D eigenvalue weighted by atomic mass is 10.1. The largest absolute Gasteiger partial charge is 0.378 e. The van der Waals surface area contributed by atoms with Crippen LogP contribution in [0.2, 0.25) is 0 Å². The fraction of sp³-hybridized carbons (Fsp3) is 1.00. The first kappa shape index (κ1) is 16.9. The summed E-state index contributed by atoms with van der Waals surface area (Å²) in [5.41, 5.74) is 0. The maximum Gasteiger partial charge on any atom is 0.0547 e. The van der Waals surface area contributed by atoms with Crippen molar-refractivity contribution in [3.05, 3.63) is 0 Å². The average Bonchev–Trinajstić information content (AvgIpc) is 2.26. The third kappa shape index (κ3) is 12.2. The van der Waals surface area contributed by atoms with Gasteiger partial charge >= 0.3 is 0 Å². The molecule has 1 N–H and O–H groups in total. The zero-order valence-corrected chi connectivity index (χ0v) is 12.6. The molecule has 0 aliphatic rings. The highest BCUT2D eigenvalue weighted by Gasteiger charge is 2.05. The summed E-state index contributed by atoms with van der Waals surface area (Å²) in [5, 5.41) is 3.47. The molecule has 2 unspecified atom stereocenters. The van der Waals surface area contributed by atoms with Crippen LogP contribution in [-0.2, 0) is 4.74 Å². The zero-order chi connectivity index (χ0) is 13.1. The Morgan fingerprint density at radius 1 is 1.06 bits per heavy atom. The molecule has 2 atom stereocenters. The van der Waals surface area contributed by atoms with Crippen molar-refractivity contribution >= 4 is 0 Å². The number of nitrogens with one attached hydrogen (secondary N) is 1. The molecular formula is C15H33NO. The molecule has 0 saturated carbocycles. The molecule has 0 amide bonds. The van der Waals surface area contributed by atoms with E-state index in [0.717, 1.165) is 25.6 Å². The Morgan fingerprint density at radius 2 is 1.76 bits per heavy atom. The lowest BCUT2D eigenvalue weighted by Gasteiger charge is -2.17. The van der Waals surface area contributed by atoms with Gasteiger partial charge in [-0.3, -0.25) is 0 Å². The number of hydrogen-bond donors (Lipinski definition) is 1. The van der Waals surface area contributed by atoms with Crippen molar-refractivity contribution in [2.75, 3.05) is 19.7 Å². The SMILES string of the molecule is CCCC(C)COC(C)CCCNCC(C)C. The topological polar surface area (TPSA) is 21.3 Å². The average molecular weight is 243 g/mol. The zero-order valence-electron chi connectivity index (χ0n) is 12.6. The van der Waals surface area contributed by atoms with Crippen molar-refractivity contribution in [1.82, 2.24) is 5.32 Å². The molecule has 0 aromatic carbocycles. The molecular weight excluding hydrogens is 210 g/mol. The van der Waals surface area contributed by atoms with E-state index in [1.807, 2.05) is 0 Å². The monoisotopic (exact) mass is 243 g/mol. The van der Waals surface area contributed by atoms with Crippen LogP contribution in [0.1, 0.15) is 60.3 Å². The van der Waals surface area contributed by atoms with Crippen LogP contribution in [0, 0.1) is 11.8 Å². The molecule has 2 heteroatoms. The van der Waals surface area contributed by atoms with E-state index in [-0.39, 0.29) is 0 Å². The molecule has 0 aliphatic carbocycles. The van der Waals surface area contributed by atoms with Crippen LogP contribution in [0.4, 0.5) is 0 Å². The van der Waals surface area contributed by atoms with Crippen molar-refractivity contribution < 1.29 is 4.74 Å². The van der Waals surface area contributed by atoms with Crippen molar-refractivity contribution in [3.63, 3.8) is 0 Å². The molecule has 0 bridgehead atoms. The highest BCUT2D eigenvalue weighted by atomic mass is 16.5. The molecule has 17 heavy (non-hydrogen) atoms. The van der Waals surface area contributed by atoms with Gasteiger partial charge in [0.25, 0.3) is 0 Å². The molecule has 0 radical (unpaired) electrons. The minimum absolute atomic E-state index is 0.412. The van der Waals surface area contributed by atoms with Gasteiger partial charge in [-0.15, -0.1) is 0 Å². The van der Waals surface area contributed by atoms with E-state index >= 15 is 0 Å². The van der Waals surface area contributed by atoms with E-state index in [9.17, 15) is 0 Å². The molecule has 0 heterocycles. The van der Waals surface area contributed by atoms with E-state index in [2.05, 4.69) is 39.9 Å². The lowest BCUT2D eigenvalue weighted by molar-refractivity contribution is 0.0360. The summed E-state index contributed by atoms with van der Waals surface area (Å²) in [6.07, 6.45) is 5.34. The van der Waals surface area contributed by atoms with Crippen LogP contribution >= 0.6 is 0 Å². The number of ether oxygens (including phenoxy) is 1. The van der Waals surface area contributed by atoms with Gasteiger partial charge in [-0.25, -0.2) is 0 Å². The second-order valence-corrected chi connectivity index (χ2v) is 5.78. The van der Waals surface area contributed by atoms with E-state index in [0.29, 0.717) is 12.0 Å². The number of hydrogen-bond acceptors (Lipinski definition) is 2. The van der Waals surface area contributed by atoms with E-state index in [4.69, 9.17) is 4.74 Å². The van der Waals surface area contributed by atoms with Gasteiger partial charge < -0.3 is 10.1 Å². The van der Waals surface area contributed by atoms with Crippen molar-refractivity contribution in [2.24, 2.45) is 11.8 Å². The van der Waals surface area contributed by atoms with Crippen molar-refractivity contribution in [3.8, 4) is 0 Å². The molecule has 2 nitrogen and oxygen atoms in total. The quantitative estimate of drug-likeness (QED) is 0.556. The molecule has 0 saturated heterocycles. The maximum atomic E-state index is 5.86. The summed E-state index contributed by atoms with van der Waals surface area (Å²) in [4.78, 5) is 0. The predicted octanol–water partition coefficient (Wildman–Crippen LogP) is 3.85. The fourth-order valence-corrected chi connectivity index (χ4v) is 1.89. The van der Waals surface area contributed by atoms with Crippen LogP contribution < -0.4 is 5.32 Å². The first-order valence-corrected chi connectivity index (χ1v) is 7.38. The molecule has 0 aromatic rings. The van der Waals surface area contributed by atoms with Crippen molar-refractivity contribution in [2.45, 2.75) is 66.4 Å². The Labute approximate surface area is 109 Å². The summed E-state index contributed by atoms with van der Waals surface area (Å²) in [5.74, 6) is 1.46. The minimum atomic E-state index is 0.412. The van der Waals surface area contributed by atoms with Crippen LogP contribution in [0.25, 0.3) is 0 Å². The Morgan fingerprint density at radius 3 is 2.35 bits per heavy atom. The second-order valence-electron chi connectivity index (χ2n) is 5.78. The van der Waals surface area contributed by atoms with Gasteiger partial charge in [-0.1, -0.05) is 34.1 Å². The predicted molar refractivity (Wildman–Crippen MR) is 76.4 cm³/mol. The van der Waals surface area contributed by atoms with E-state index < -0.39 is 0 Å². The Bertz CT molecular complexity index is 159. The Balaban J connectivity index is 3.31.